The van der Waals surface area contributed by atoms with Gasteiger partial charge in [-0.3, -0.25) is 4.79 Å². The van der Waals surface area contributed by atoms with E-state index in [0.29, 0.717) is 6.42 Å². The molecular formula is C15H20O3. The molecule has 1 N–H and O–H groups in total. The lowest BCUT2D eigenvalue weighted by molar-refractivity contribution is -0.139. The van der Waals surface area contributed by atoms with Crippen LogP contribution >= 0.6 is 0 Å². The molecule has 0 aliphatic carbocycles. The first-order valence-electron chi connectivity index (χ1n) is 6.58. The van der Waals surface area contributed by atoms with Gasteiger partial charge in [0.05, 0.1) is 12.0 Å². The maximum Gasteiger partial charge on any atom is 0.310 e. The molecular weight excluding hydrogens is 228 g/mol. The van der Waals surface area contributed by atoms with Crippen LogP contribution in [0.3, 0.4) is 0 Å². The third-order valence-corrected chi connectivity index (χ3v) is 3.58. The van der Waals surface area contributed by atoms with Gasteiger partial charge in [-0.05, 0) is 38.2 Å². The Bertz CT molecular complexity index is 391. The van der Waals surface area contributed by atoms with Crippen LogP contribution in [-0.4, -0.2) is 23.8 Å². The number of aryl methyl sites for hydroxylation is 1. The fourth-order valence-corrected chi connectivity index (χ4v) is 2.46. The van der Waals surface area contributed by atoms with E-state index in [4.69, 9.17) is 4.74 Å². The molecule has 98 valence electrons. The Morgan fingerprint density at radius 1 is 1.44 bits per heavy atom. The topological polar surface area (TPSA) is 46.5 Å². The number of ether oxygens (including phenoxy) is 1. The van der Waals surface area contributed by atoms with Crippen LogP contribution in [0.4, 0.5) is 0 Å². The molecule has 1 aromatic rings. The van der Waals surface area contributed by atoms with Gasteiger partial charge in [0.25, 0.3) is 0 Å². The Balaban J connectivity index is 1.99. The minimum Gasteiger partial charge on any atom is -0.481 e. The Morgan fingerprint density at radius 3 is 2.72 bits per heavy atom. The summed E-state index contributed by atoms with van der Waals surface area (Å²) in [4.78, 5) is 11.3. The van der Waals surface area contributed by atoms with Crippen LogP contribution in [0.15, 0.2) is 24.3 Å². The van der Waals surface area contributed by atoms with Crippen LogP contribution in [-0.2, 0) is 9.53 Å². The van der Waals surface area contributed by atoms with Gasteiger partial charge in [0.2, 0.25) is 0 Å². The number of aliphatic carboxylic acids is 1. The summed E-state index contributed by atoms with van der Waals surface area (Å²) in [5.41, 5.74) is 2.05. The minimum absolute atomic E-state index is 0.261. The van der Waals surface area contributed by atoms with Crippen LogP contribution in [0.1, 0.15) is 42.7 Å². The molecule has 0 radical (unpaired) electrons. The highest BCUT2D eigenvalue weighted by molar-refractivity contribution is 5.76. The molecule has 0 aromatic heterocycles. The first-order chi connectivity index (χ1) is 8.66. The van der Waals surface area contributed by atoms with E-state index in [1.54, 1.807) is 0 Å². The number of hydrogen-bond donors (Lipinski definition) is 1. The molecule has 18 heavy (non-hydrogen) atoms. The lowest BCUT2D eigenvalue weighted by Crippen LogP contribution is -2.15. The molecule has 0 amide bonds. The Kier molecular flexibility index (Phi) is 4.37. The number of carbonyl (C=O) groups is 1. The van der Waals surface area contributed by atoms with Crippen molar-refractivity contribution in [2.45, 2.75) is 44.6 Å². The zero-order valence-electron chi connectivity index (χ0n) is 10.8. The maximum atomic E-state index is 11.3. The SMILES string of the molecule is Cc1ccc(C(CCC2CCCO2)C(=O)O)cc1. The summed E-state index contributed by atoms with van der Waals surface area (Å²) in [6, 6.07) is 7.78. The highest BCUT2D eigenvalue weighted by Gasteiger charge is 2.23. The molecule has 0 bridgehead atoms. The molecule has 3 nitrogen and oxygen atoms in total. The van der Waals surface area contributed by atoms with Gasteiger partial charge in [0.1, 0.15) is 0 Å². The molecule has 1 fully saturated rings. The summed E-state index contributed by atoms with van der Waals surface area (Å²) < 4.78 is 5.55. The zero-order valence-corrected chi connectivity index (χ0v) is 10.8. The number of rotatable bonds is 5. The molecule has 2 rings (SSSR count). The van der Waals surface area contributed by atoms with E-state index in [-0.39, 0.29) is 6.10 Å². The standard InChI is InChI=1S/C15H20O3/c1-11-4-6-12(7-5-11)14(15(16)17)9-8-13-3-2-10-18-13/h4-7,13-14H,2-3,8-10H2,1H3,(H,16,17). The molecule has 1 aromatic carbocycles. The number of benzene rings is 1. The predicted molar refractivity (Wildman–Crippen MR) is 69.8 cm³/mol. The van der Waals surface area contributed by atoms with Crippen molar-refractivity contribution in [3.05, 3.63) is 35.4 Å². The smallest absolute Gasteiger partial charge is 0.310 e. The van der Waals surface area contributed by atoms with Crippen LogP contribution in [0.2, 0.25) is 0 Å². The number of carboxylic acid groups (broad SMARTS) is 1. The van der Waals surface area contributed by atoms with Crippen molar-refractivity contribution < 1.29 is 14.6 Å². The third-order valence-electron chi connectivity index (χ3n) is 3.58. The van der Waals surface area contributed by atoms with Crippen molar-refractivity contribution >= 4 is 5.97 Å². The van der Waals surface area contributed by atoms with E-state index in [0.717, 1.165) is 37.0 Å². The van der Waals surface area contributed by atoms with Gasteiger partial charge in [-0.15, -0.1) is 0 Å². The van der Waals surface area contributed by atoms with Gasteiger partial charge in [-0.25, -0.2) is 0 Å². The molecule has 1 heterocycles. The second-order valence-electron chi connectivity index (χ2n) is 5.01. The van der Waals surface area contributed by atoms with E-state index in [2.05, 4.69) is 0 Å². The molecule has 2 atom stereocenters. The van der Waals surface area contributed by atoms with Crippen LogP contribution in [0.5, 0.6) is 0 Å². The summed E-state index contributed by atoms with van der Waals surface area (Å²) in [5, 5.41) is 9.33. The highest BCUT2D eigenvalue weighted by Crippen LogP contribution is 2.26. The van der Waals surface area contributed by atoms with E-state index in [1.165, 1.54) is 0 Å². The van der Waals surface area contributed by atoms with Gasteiger partial charge in [-0.2, -0.15) is 0 Å². The Hall–Kier alpha value is -1.35. The fraction of sp³-hybridized carbons (Fsp3) is 0.533. The van der Waals surface area contributed by atoms with Crippen molar-refractivity contribution in [1.29, 1.82) is 0 Å². The van der Waals surface area contributed by atoms with Crippen molar-refractivity contribution in [2.75, 3.05) is 6.61 Å². The fourth-order valence-electron chi connectivity index (χ4n) is 2.46. The second-order valence-corrected chi connectivity index (χ2v) is 5.01. The van der Waals surface area contributed by atoms with Crippen LogP contribution in [0.25, 0.3) is 0 Å². The summed E-state index contributed by atoms with van der Waals surface area (Å²) in [6.45, 7) is 2.83. The van der Waals surface area contributed by atoms with Crippen molar-refractivity contribution in [3.8, 4) is 0 Å². The summed E-state index contributed by atoms with van der Waals surface area (Å²) in [7, 11) is 0. The average molecular weight is 248 g/mol. The van der Waals surface area contributed by atoms with Gasteiger partial charge in [-0.1, -0.05) is 29.8 Å². The monoisotopic (exact) mass is 248 g/mol. The van der Waals surface area contributed by atoms with Crippen molar-refractivity contribution in [2.24, 2.45) is 0 Å². The lowest BCUT2D eigenvalue weighted by atomic mass is 9.92. The normalized spacial score (nSPS) is 20.8. The van der Waals surface area contributed by atoms with E-state index in [9.17, 15) is 9.90 Å². The zero-order chi connectivity index (χ0) is 13.0. The first-order valence-corrected chi connectivity index (χ1v) is 6.58. The van der Waals surface area contributed by atoms with E-state index in [1.807, 2.05) is 31.2 Å². The quantitative estimate of drug-likeness (QED) is 0.870. The highest BCUT2D eigenvalue weighted by atomic mass is 16.5. The lowest BCUT2D eigenvalue weighted by Gasteiger charge is -2.15. The Labute approximate surface area is 108 Å². The number of carboxylic acids is 1. The molecule has 1 aliphatic rings. The molecule has 1 aliphatic heterocycles. The molecule has 0 saturated carbocycles. The average Bonchev–Trinajstić information content (AvgIpc) is 2.84. The molecule has 2 unspecified atom stereocenters. The second kappa shape index (κ2) is 6.01. The molecule has 0 spiro atoms. The maximum absolute atomic E-state index is 11.3. The van der Waals surface area contributed by atoms with Crippen molar-refractivity contribution in [1.82, 2.24) is 0 Å². The summed E-state index contributed by atoms with van der Waals surface area (Å²) >= 11 is 0. The molecule has 1 saturated heterocycles. The van der Waals surface area contributed by atoms with Crippen LogP contribution in [0, 0.1) is 6.92 Å². The van der Waals surface area contributed by atoms with Gasteiger partial charge >= 0.3 is 5.97 Å². The minimum atomic E-state index is -0.739. The number of hydrogen-bond acceptors (Lipinski definition) is 2. The Morgan fingerprint density at radius 2 is 2.17 bits per heavy atom. The van der Waals surface area contributed by atoms with Gasteiger partial charge in [0.15, 0.2) is 0 Å². The summed E-state index contributed by atoms with van der Waals surface area (Å²) in [6.07, 6.45) is 3.93. The van der Waals surface area contributed by atoms with Gasteiger partial charge < -0.3 is 9.84 Å². The summed E-state index contributed by atoms with van der Waals surface area (Å²) in [5.74, 6) is -1.15. The van der Waals surface area contributed by atoms with Crippen LogP contribution < -0.4 is 0 Å². The van der Waals surface area contributed by atoms with E-state index >= 15 is 0 Å². The largest absolute Gasteiger partial charge is 0.481 e. The van der Waals surface area contributed by atoms with E-state index < -0.39 is 11.9 Å². The predicted octanol–water partition coefficient (Wildman–Crippen LogP) is 3.12. The van der Waals surface area contributed by atoms with Crippen molar-refractivity contribution in [3.63, 3.8) is 0 Å². The van der Waals surface area contributed by atoms with Gasteiger partial charge in [0, 0.05) is 6.61 Å². The first kappa shape index (κ1) is 13.1. The molecule has 3 heteroatoms. The third kappa shape index (κ3) is 3.33.